The number of carboxylic acid groups (broad SMARTS) is 1. The molecule has 14 heteroatoms. The summed E-state index contributed by atoms with van der Waals surface area (Å²) in [6, 6.07) is 10.5. The second kappa shape index (κ2) is 12.4. The summed E-state index contributed by atoms with van der Waals surface area (Å²) in [5.74, 6) is -0.808. The van der Waals surface area contributed by atoms with E-state index >= 15 is 0 Å². The molecule has 2 amide bonds. The van der Waals surface area contributed by atoms with Gasteiger partial charge in [-0.15, -0.1) is 0 Å². The fourth-order valence-corrected chi connectivity index (χ4v) is 5.46. The highest BCUT2D eigenvalue weighted by atomic mass is 16.8. The van der Waals surface area contributed by atoms with Crippen molar-refractivity contribution in [3.8, 4) is 5.88 Å². The Bertz CT molecular complexity index is 1470. The van der Waals surface area contributed by atoms with Crippen LogP contribution in [-0.2, 0) is 14.2 Å². The molecule has 6 N–H and O–H groups in total. The van der Waals surface area contributed by atoms with Crippen LogP contribution in [-0.4, -0.2) is 69.2 Å². The van der Waals surface area contributed by atoms with E-state index in [2.05, 4.69) is 30.9 Å². The van der Waals surface area contributed by atoms with E-state index in [1.165, 1.54) is 24.7 Å². The van der Waals surface area contributed by atoms with Crippen molar-refractivity contribution in [1.82, 2.24) is 20.3 Å². The Morgan fingerprint density at radius 1 is 1.02 bits per heavy atom. The number of carbonyl (C=O) groups excluding carboxylic acids is 1. The molecule has 5 atom stereocenters. The third kappa shape index (κ3) is 6.30. The molecular weight excluding hydrogens is 558 g/mol. The monoisotopic (exact) mass is 591 g/mol. The lowest BCUT2D eigenvalue weighted by Crippen LogP contribution is -2.37. The average molecular weight is 592 g/mol. The van der Waals surface area contributed by atoms with E-state index < -0.39 is 36.8 Å². The van der Waals surface area contributed by atoms with Gasteiger partial charge >= 0.3 is 12.0 Å². The van der Waals surface area contributed by atoms with E-state index in [4.69, 9.17) is 24.7 Å². The smallest absolute Gasteiger partial charge is 0.341 e. The van der Waals surface area contributed by atoms with Crippen LogP contribution in [0, 0.1) is 6.92 Å². The first-order valence-electron chi connectivity index (χ1n) is 14.1. The van der Waals surface area contributed by atoms with Crippen molar-refractivity contribution in [1.29, 1.82) is 0 Å². The number of urea groups is 1. The van der Waals surface area contributed by atoms with Gasteiger partial charge < -0.3 is 40.4 Å². The molecule has 1 aromatic carbocycles. The van der Waals surface area contributed by atoms with Crippen molar-refractivity contribution < 1.29 is 33.6 Å². The maximum absolute atomic E-state index is 12.5. The summed E-state index contributed by atoms with van der Waals surface area (Å²) in [4.78, 5) is 36.6. The van der Waals surface area contributed by atoms with E-state index in [1.807, 2.05) is 31.2 Å². The highest BCUT2D eigenvalue weighted by Gasteiger charge is 2.53. The Morgan fingerprint density at radius 3 is 2.53 bits per heavy atom. The predicted octanol–water partition coefficient (Wildman–Crippen LogP) is 3.22. The SMILES string of the molecule is Cc1ccc(C2OC3C(COc4ncccc4C(=O)O)OC(Nc4ncnc(NC(=O)NC5CCCC5)c4N)C3O2)cc1. The first kappa shape index (κ1) is 28.6. The molecule has 2 aromatic heterocycles. The number of carbonyl (C=O) groups is 2. The lowest BCUT2D eigenvalue weighted by atomic mass is 10.1. The largest absolute Gasteiger partial charge is 0.477 e. The van der Waals surface area contributed by atoms with Crippen LogP contribution >= 0.6 is 0 Å². The number of aromatic nitrogens is 3. The molecule has 226 valence electrons. The predicted molar refractivity (Wildman–Crippen MR) is 153 cm³/mol. The highest BCUT2D eigenvalue weighted by Crippen LogP contribution is 2.41. The molecular formula is C29H33N7O7. The van der Waals surface area contributed by atoms with E-state index in [1.54, 1.807) is 0 Å². The van der Waals surface area contributed by atoms with Crippen molar-refractivity contribution >= 4 is 29.3 Å². The van der Waals surface area contributed by atoms with Crippen LogP contribution in [0.1, 0.15) is 53.5 Å². The Morgan fingerprint density at radius 2 is 1.77 bits per heavy atom. The topological polar surface area (TPSA) is 192 Å². The molecule has 0 bridgehead atoms. The van der Waals surface area contributed by atoms with Gasteiger partial charge in [-0.25, -0.2) is 24.5 Å². The van der Waals surface area contributed by atoms with Crippen molar-refractivity contribution in [2.24, 2.45) is 0 Å². The van der Waals surface area contributed by atoms with Gasteiger partial charge in [-0.05, 0) is 31.9 Å². The number of nitrogen functional groups attached to an aromatic ring is 1. The molecule has 2 saturated heterocycles. The third-order valence-electron chi connectivity index (χ3n) is 7.69. The number of rotatable bonds is 9. The van der Waals surface area contributed by atoms with Gasteiger partial charge in [-0.1, -0.05) is 42.7 Å². The molecule has 6 rings (SSSR count). The van der Waals surface area contributed by atoms with E-state index in [0.717, 1.165) is 36.8 Å². The minimum atomic E-state index is -1.16. The molecule has 1 aliphatic carbocycles. The molecule has 5 unspecified atom stereocenters. The van der Waals surface area contributed by atoms with Crippen LogP contribution in [0.2, 0.25) is 0 Å². The number of carboxylic acids is 1. The van der Waals surface area contributed by atoms with Gasteiger partial charge in [0.1, 0.15) is 42.5 Å². The maximum Gasteiger partial charge on any atom is 0.341 e. The summed E-state index contributed by atoms with van der Waals surface area (Å²) in [7, 11) is 0. The number of anilines is 3. The fourth-order valence-electron chi connectivity index (χ4n) is 5.46. The number of fused-ring (bicyclic) bond motifs is 1. The third-order valence-corrected chi connectivity index (χ3v) is 7.69. The van der Waals surface area contributed by atoms with Crippen LogP contribution in [0.3, 0.4) is 0 Å². The van der Waals surface area contributed by atoms with Gasteiger partial charge in [0.2, 0.25) is 5.88 Å². The van der Waals surface area contributed by atoms with Crippen LogP contribution in [0.4, 0.5) is 22.1 Å². The zero-order chi connectivity index (χ0) is 29.9. The number of nitrogens with one attached hydrogen (secondary N) is 3. The van der Waals surface area contributed by atoms with Gasteiger partial charge in [-0.3, -0.25) is 5.32 Å². The molecule has 0 radical (unpaired) electrons. The van der Waals surface area contributed by atoms with E-state index in [9.17, 15) is 14.7 Å². The fraction of sp³-hybridized carbons (Fsp3) is 0.414. The van der Waals surface area contributed by atoms with Crippen LogP contribution in [0.15, 0.2) is 48.9 Å². The van der Waals surface area contributed by atoms with Gasteiger partial charge in [-0.2, -0.15) is 0 Å². The second-order valence-electron chi connectivity index (χ2n) is 10.7. The van der Waals surface area contributed by atoms with Crippen LogP contribution < -0.4 is 26.4 Å². The minimum absolute atomic E-state index is 0.0350. The van der Waals surface area contributed by atoms with E-state index in [0.29, 0.717) is 0 Å². The standard InChI is InChI=1S/C29H33N7O7/c1-15-8-10-16(11-9-15)28-42-21-19(13-40-25-18(27(37)38)7-4-12-31-25)41-26(22(21)43-28)35-23-20(30)24(33-14-32-23)36-29(39)34-17-5-2-3-6-17/h4,7-12,14,17,19,21-22,26,28H,2-3,5-6,13,30H2,1H3,(H,37,38)(H3,32,33,34,35,36,39). The summed E-state index contributed by atoms with van der Waals surface area (Å²) in [5.41, 5.74) is 8.34. The molecule has 43 heavy (non-hydrogen) atoms. The zero-order valence-electron chi connectivity index (χ0n) is 23.4. The van der Waals surface area contributed by atoms with Gasteiger partial charge in [0.25, 0.3) is 0 Å². The maximum atomic E-state index is 12.5. The van der Waals surface area contributed by atoms with Gasteiger partial charge in [0.15, 0.2) is 24.2 Å². The van der Waals surface area contributed by atoms with Crippen molar-refractivity contribution in [3.63, 3.8) is 0 Å². The first-order valence-corrected chi connectivity index (χ1v) is 14.1. The quantitative estimate of drug-likeness (QED) is 0.244. The Hall–Kier alpha value is -4.53. The summed E-state index contributed by atoms with van der Waals surface area (Å²) in [6.45, 7) is 1.93. The lowest BCUT2D eigenvalue weighted by Gasteiger charge is -2.22. The Labute approximate surface area is 247 Å². The first-order chi connectivity index (χ1) is 20.9. The second-order valence-corrected chi connectivity index (χ2v) is 10.7. The number of benzene rings is 1. The number of hydrogen-bond donors (Lipinski definition) is 5. The minimum Gasteiger partial charge on any atom is -0.477 e. The molecule has 14 nitrogen and oxygen atoms in total. The van der Waals surface area contributed by atoms with Crippen molar-refractivity contribution in [3.05, 3.63) is 65.6 Å². The Kier molecular flexibility index (Phi) is 8.22. The number of nitrogens with zero attached hydrogens (tertiary/aromatic N) is 3. The molecule has 3 aliphatic rings. The summed E-state index contributed by atoms with van der Waals surface area (Å²) in [5, 5.41) is 18.3. The number of hydrogen-bond acceptors (Lipinski definition) is 11. The molecule has 2 aliphatic heterocycles. The number of aryl methyl sites for hydroxylation is 1. The van der Waals surface area contributed by atoms with Crippen LogP contribution in [0.5, 0.6) is 5.88 Å². The number of aromatic carboxylic acids is 1. The zero-order valence-corrected chi connectivity index (χ0v) is 23.4. The molecule has 3 aromatic rings. The highest BCUT2D eigenvalue weighted by molar-refractivity contribution is 5.93. The normalized spacial score (nSPS) is 24.8. The van der Waals surface area contributed by atoms with Crippen LogP contribution in [0.25, 0.3) is 0 Å². The summed E-state index contributed by atoms with van der Waals surface area (Å²) >= 11 is 0. The number of amides is 2. The summed E-state index contributed by atoms with van der Waals surface area (Å²) < 4.78 is 24.7. The Balaban J connectivity index is 1.19. The van der Waals surface area contributed by atoms with Crippen molar-refractivity contribution in [2.75, 3.05) is 23.0 Å². The molecule has 0 spiro atoms. The van der Waals surface area contributed by atoms with Gasteiger partial charge in [0.05, 0.1) is 0 Å². The van der Waals surface area contributed by atoms with Crippen molar-refractivity contribution in [2.45, 2.75) is 69.5 Å². The van der Waals surface area contributed by atoms with E-state index in [-0.39, 0.29) is 47.4 Å². The van der Waals surface area contributed by atoms with Gasteiger partial charge in [0, 0.05) is 17.8 Å². The molecule has 4 heterocycles. The molecule has 3 fully saturated rings. The average Bonchev–Trinajstić information content (AvgIpc) is 3.73. The number of pyridine rings is 1. The number of ether oxygens (including phenoxy) is 4. The summed E-state index contributed by atoms with van der Waals surface area (Å²) in [6.07, 6.45) is 3.47. The molecule has 1 saturated carbocycles. The number of nitrogens with two attached hydrogens (primary N) is 1. The lowest BCUT2D eigenvalue weighted by molar-refractivity contribution is -0.132.